The number of benzene rings is 1. The third-order valence-electron chi connectivity index (χ3n) is 3.60. The summed E-state index contributed by atoms with van der Waals surface area (Å²) in [5.74, 6) is 0.454. The number of rotatable bonds is 1. The maximum absolute atomic E-state index is 13.6. The SMILES string of the molecule is CN1CC2CC1C=C2c1ccccc1F. The molecule has 0 aromatic heterocycles. The first kappa shape index (κ1) is 9.10. The van der Waals surface area contributed by atoms with E-state index in [2.05, 4.69) is 18.0 Å². The highest BCUT2D eigenvalue weighted by Crippen LogP contribution is 2.41. The van der Waals surface area contributed by atoms with Gasteiger partial charge in [0, 0.05) is 18.2 Å². The van der Waals surface area contributed by atoms with Crippen LogP contribution in [0, 0.1) is 11.7 Å². The van der Waals surface area contributed by atoms with E-state index in [0.29, 0.717) is 12.0 Å². The van der Waals surface area contributed by atoms with Gasteiger partial charge in [-0.05, 0) is 31.0 Å². The lowest BCUT2D eigenvalue weighted by molar-refractivity contribution is 0.347. The van der Waals surface area contributed by atoms with Crippen LogP contribution < -0.4 is 0 Å². The van der Waals surface area contributed by atoms with Crippen LogP contribution in [0.5, 0.6) is 0 Å². The number of fused-ring (bicyclic) bond motifs is 2. The molecular formula is C13H14FN. The molecule has 1 saturated heterocycles. The summed E-state index contributed by atoms with van der Waals surface area (Å²) in [6.07, 6.45) is 3.40. The molecular weight excluding hydrogens is 189 g/mol. The summed E-state index contributed by atoms with van der Waals surface area (Å²) < 4.78 is 13.6. The van der Waals surface area contributed by atoms with Crippen LogP contribution in [0.4, 0.5) is 4.39 Å². The Bertz CT molecular complexity index is 424. The molecule has 2 bridgehead atoms. The number of hydrogen-bond acceptors (Lipinski definition) is 1. The van der Waals surface area contributed by atoms with Gasteiger partial charge in [0.25, 0.3) is 0 Å². The molecule has 1 heterocycles. The van der Waals surface area contributed by atoms with Crippen molar-refractivity contribution in [3.8, 4) is 0 Å². The van der Waals surface area contributed by atoms with Gasteiger partial charge in [-0.1, -0.05) is 24.3 Å². The van der Waals surface area contributed by atoms with Gasteiger partial charge in [0.05, 0.1) is 0 Å². The van der Waals surface area contributed by atoms with Crippen LogP contribution in [0.3, 0.4) is 0 Å². The standard InChI is InChI=1S/C13H14FN/c1-15-8-9-6-10(15)7-12(9)11-4-2-3-5-13(11)14/h2-5,7,9-10H,6,8H2,1H3. The molecule has 1 fully saturated rings. The van der Waals surface area contributed by atoms with Crippen molar-refractivity contribution >= 4 is 5.57 Å². The van der Waals surface area contributed by atoms with Crippen LogP contribution >= 0.6 is 0 Å². The number of halogens is 1. The van der Waals surface area contributed by atoms with Crippen LogP contribution in [-0.2, 0) is 0 Å². The highest BCUT2D eigenvalue weighted by Gasteiger charge is 2.37. The predicted octanol–water partition coefficient (Wildman–Crippen LogP) is 2.54. The van der Waals surface area contributed by atoms with Gasteiger partial charge < -0.3 is 0 Å². The predicted molar refractivity (Wildman–Crippen MR) is 58.9 cm³/mol. The second-order valence-electron chi connectivity index (χ2n) is 4.54. The summed E-state index contributed by atoms with van der Waals surface area (Å²) in [6.45, 7) is 1.07. The smallest absolute Gasteiger partial charge is 0.130 e. The third-order valence-corrected chi connectivity index (χ3v) is 3.60. The van der Waals surface area contributed by atoms with Crippen LogP contribution in [0.25, 0.3) is 5.57 Å². The van der Waals surface area contributed by atoms with E-state index in [9.17, 15) is 4.39 Å². The van der Waals surface area contributed by atoms with Crippen molar-refractivity contribution < 1.29 is 4.39 Å². The third kappa shape index (κ3) is 1.32. The Morgan fingerprint density at radius 1 is 1.33 bits per heavy atom. The van der Waals surface area contributed by atoms with E-state index in [0.717, 1.165) is 12.1 Å². The van der Waals surface area contributed by atoms with Gasteiger partial charge in [-0.2, -0.15) is 0 Å². The van der Waals surface area contributed by atoms with Gasteiger partial charge in [0.15, 0.2) is 0 Å². The minimum Gasteiger partial charge on any atom is -0.299 e. The zero-order valence-corrected chi connectivity index (χ0v) is 8.78. The molecule has 2 atom stereocenters. The van der Waals surface area contributed by atoms with E-state index in [4.69, 9.17) is 0 Å². The topological polar surface area (TPSA) is 3.24 Å². The summed E-state index contributed by atoms with van der Waals surface area (Å²) in [7, 11) is 2.14. The van der Waals surface area contributed by atoms with E-state index in [1.807, 2.05) is 12.1 Å². The van der Waals surface area contributed by atoms with Crippen LogP contribution in [0.1, 0.15) is 12.0 Å². The minimum absolute atomic E-state index is 0.0843. The van der Waals surface area contributed by atoms with Crippen molar-refractivity contribution in [2.45, 2.75) is 12.5 Å². The molecule has 0 radical (unpaired) electrons. The molecule has 2 aliphatic rings. The first-order valence-corrected chi connectivity index (χ1v) is 5.42. The van der Waals surface area contributed by atoms with Crippen molar-refractivity contribution in [2.24, 2.45) is 5.92 Å². The number of likely N-dealkylation sites (N-methyl/N-ethyl adjacent to an activating group) is 1. The zero-order chi connectivity index (χ0) is 10.4. The van der Waals surface area contributed by atoms with Gasteiger partial charge in [0.2, 0.25) is 0 Å². The lowest BCUT2D eigenvalue weighted by atomic mass is 9.95. The molecule has 2 unspecified atom stereocenters. The summed E-state index contributed by atoms with van der Waals surface area (Å²) in [5.41, 5.74) is 2.02. The fourth-order valence-corrected chi connectivity index (χ4v) is 2.80. The Labute approximate surface area is 89.2 Å². The zero-order valence-electron chi connectivity index (χ0n) is 8.78. The van der Waals surface area contributed by atoms with E-state index in [-0.39, 0.29) is 5.82 Å². The minimum atomic E-state index is -0.0843. The largest absolute Gasteiger partial charge is 0.299 e. The van der Waals surface area contributed by atoms with Crippen molar-refractivity contribution in [1.29, 1.82) is 0 Å². The van der Waals surface area contributed by atoms with Crippen LogP contribution in [0.2, 0.25) is 0 Å². The van der Waals surface area contributed by atoms with E-state index < -0.39 is 0 Å². The highest BCUT2D eigenvalue weighted by atomic mass is 19.1. The second kappa shape index (κ2) is 3.17. The molecule has 1 aromatic rings. The maximum atomic E-state index is 13.6. The van der Waals surface area contributed by atoms with Gasteiger partial charge in [0.1, 0.15) is 5.82 Å². The molecule has 15 heavy (non-hydrogen) atoms. The van der Waals surface area contributed by atoms with Crippen molar-refractivity contribution in [1.82, 2.24) is 4.90 Å². The molecule has 0 saturated carbocycles. The lowest BCUT2D eigenvalue weighted by Gasteiger charge is -2.21. The first-order chi connectivity index (χ1) is 7.25. The Morgan fingerprint density at radius 3 is 2.73 bits per heavy atom. The lowest BCUT2D eigenvalue weighted by Crippen LogP contribution is -2.26. The quantitative estimate of drug-likeness (QED) is 0.678. The maximum Gasteiger partial charge on any atom is 0.130 e. The number of likely N-dealkylation sites (tertiary alicyclic amines) is 1. The van der Waals surface area contributed by atoms with Crippen molar-refractivity contribution in [3.63, 3.8) is 0 Å². The molecule has 0 amide bonds. The van der Waals surface area contributed by atoms with Gasteiger partial charge in [-0.3, -0.25) is 4.90 Å². The van der Waals surface area contributed by atoms with Crippen molar-refractivity contribution in [2.75, 3.05) is 13.6 Å². The number of nitrogens with zero attached hydrogens (tertiary/aromatic N) is 1. The van der Waals surface area contributed by atoms with E-state index in [1.54, 1.807) is 12.1 Å². The van der Waals surface area contributed by atoms with E-state index in [1.165, 1.54) is 12.0 Å². The van der Waals surface area contributed by atoms with Gasteiger partial charge >= 0.3 is 0 Å². The van der Waals surface area contributed by atoms with Crippen LogP contribution in [0.15, 0.2) is 30.3 Å². The fourth-order valence-electron chi connectivity index (χ4n) is 2.80. The normalized spacial score (nSPS) is 29.6. The summed E-state index contributed by atoms with van der Waals surface area (Å²) in [6, 6.07) is 7.63. The van der Waals surface area contributed by atoms with Gasteiger partial charge in [-0.25, -0.2) is 4.39 Å². The first-order valence-electron chi connectivity index (χ1n) is 5.42. The molecule has 1 aliphatic carbocycles. The molecule has 2 heteroatoms. The van der Waals surface area contributed by atoms with E-state index >= 15 is 0 Å². The monoisotopic (exact) mass is 203 g/mol. The average molecular weight is 203 g/mol. The summed E-state index contributed by atoms with van der Waals surface area (Å²) in [5, 5.41) is 0. The Morgan fingerprint density at radius 2 is 2.13 bits per heavy atom. The number of hydrogen-bond donors (Lipinski definition) is 0. The highest BCUT2D eigenvalue weighted by molar-refractivity contribution is 5.71. The summed E-state index contributed by atoms with van der Waals surface area (Å²) in [4.78, 5) is 2.34. The molecule has 1 nitrogen and oxygen atoms in total. The molecule has 1 aromatic carbocycles. The molecule has 78 valence electrons. The molecule has 0 N–H and O–H groups in total. The Kier molecular flexibility index (Phi) is 1.93. The van der Waals surface area contributed by atoms with Crippen LogP contribution in [-0.4, -0.2) is 24.5 Å². The molecule has 0 spiro atoms. The van der Waals surface area contributed by atoms with Crippen molar-refractivity contribution in [3.05, 3.63) is 41.7 Å². The molecule has 3 rings (SSSR count). The Hall–Kier alpha value is -1.15. The second-order valence-corrected chi connectivity index (χ2v) is 4.54. The fraction of sp³-hybridized carbons (Fsp3) is 0.385. The van der Waals surface area contributed by atoms with Gasteiger partial charge in [-0.15, -0.1) is 0 Å². The molecule has 1 aliphatic heterocycles. The average Bonchev–Trinajstić information content (AvgIpc) is 2.77. The summed E-state index contributed by atoms with van der Waals surface area (Å²) >= 11 is 0. The Balaban J connectivity index is 2.01.